The van der Waals surface area contributed by atoms with E-state index in [1.54, 1.807) is 0 Å². The third-order valence-corrected chi connectivity index (χ3v) is 6.46. The van der Waals surface area contributed by atoms with Crippen LogP contribution in [0.15, 0.2) is 24.3 Å². The number of aliphatic hydroxyl groups is 1. The molecule has 1 aliphatic carbocycles. The summed E-state index contributed by atoms with van der Waals surface area (Å²) in [5.74, 6) is 2.72. The first-order valence-corrected chi connectivity index (χ1v) is 9.99. The molecule has 3 aliphatic rings. The SMILES string of the molecule is CC1CCN(C(=O)COc2ccccc2CN2CC3CC(O)C3C2)CC1. The highest BCUT2D eigenvalue weighted by Gasteiger charge is 2.46. The van der Waals surface area contributed by atoms with Gasteiger partial charge in [-0.05, 0) is 37.2 Å². The maximum atomic E-state index is 12.4. The van der Waals surface area contributed by atoms with E-state index in [2.05, 4.69) is 17.9 Å². The Bertz CT molecular complexity index is 642. The van der Waals surface area contributed by atoms with Gasteiger partial charge < -0.3 is 14.7 Å². The molecule has 3 unspecified atom stereocenters. The number of likely N-dealkylation sites (tertiary alicyclic amines) is 2. The highest BCUT2D eigenvalue weighted by atomic mass is 16.5. The number of amides is 1. The van der Waals surface area contributed by atoms with Gasteiger partial charge in [0.2, 0.25) is 0 Å². The lowest BCUT2D eigenvalue weighted by atomic mass is 9.74. The number of carbonyl (C=O) groups excluding carboxylic acids is 1. The molecule has 4 rings (SSSR count). The van der Waals surface area contributed by atoms with Crippen LogP contribution < -0.4 is 4.74 Å². The summed E-state index contributed by atoms with van der Waals surface area (Å²) < 4.78 is 5.91. The van der Waals surface area contributed by atoms with Crippen LogP contribution in [-0.2, 0) is 11.3 Å². The highest BCUT2D eigenvalue weighted by Crippen LogP contribution is 2.41. The molecule has 1 amide bonds. The van der Waals surface area contributed by atoms with E-state index < -0.39 is 0 Å². The zero-order chi connectivity index (χ0) is 18.1. The second-order valence-electron chi connectivity index (χ2n) is 8.38. The van der Waals surface area contributed by atoms with E-state index in [1.807, 2.05) is 23.1 Å². The maximum absolute atomic E-state index is 12.4. The van der Waals surface area contributed by atoms with Gasteiger partial charge in [-0.2, -0.15) is 0 Å². The number of hydrogen-bond donors (Lipinski definition) is 1. The lowest BCUT2D eigenvalue weighted by Gasteiger charge is -2.35. The molecule has 1 N–H and O–H groups in total. The molecule has 3 atom stereocenters. The van der Waals surface area contributed by atoms with Crippen molar-refractivity contribution >= 4 is 5.91 Å². The van der Waals surface area contributed by atoms with Crippen LogP contribution >= 0.6 is 0 Å². The van der Waals surface area contributed by atoms with Crippen molar-refractivity contribution in [2.75, 3.05) is 32.8 Å². The van der Waals surface area contributed by atoms with Crippen LogP contribution in [-0.4, -0.2) is 59.7 Å². The van der Waals surface area contributed by atoms with E-state index in [-0.39, 0.29) is 18.6 Å². The van der Waals surface area contributed by atoms with Gasteiger partial charge in [-0.25, -0.2) is 0 Å². The number of aliphatic hydroxyl groups excluding tert-OH is 1. The molecule has 5 nitrogen and oxygen atoms in total. The van der Waals surface area contributed by atoms with Gasteiger partial charge in [0.25, 0.3) is 5.91 Å². The van der Waals surface area contributed by atoms with Gasteiger partial charge in [-0.15, -0.1) is 0 Å². The molecule has 26 heavy (non-hydrogen) atoms. The zero-order valence-electron chi connectivity index (χ0n) is 15.6. The van der Waals surface area contributed by atoms with Crippen LogP contribution in [0.4, 0.5) is 0 Å². The van der Waals surface area contributed by atoms with Crippen LogP contribution in [0.3, 0.4) is 0 Å². The van der Waals surface area contributed by atoms with Gasteiger partial charge in [0, 0.05) is 44.2 Å². The van der Waals surface area contributed by atoms with Crippen LogP contribution in [0.5, 0.6) is 5.75 Å². The zero-order valence-corrected chi connectivity index (χ0v) is 15.6. The number of rotatable bonds is 5. The van der Waals surface area contributed by atoms with Crippen molar-refractivity contribution in [3.8, 4) is 5.75 Å². The first-order chi connectivity index (χ1) is 12.6. The van der Waals surface area contributed by atoms with E-state index >= 15 is 0 Å². The lowest BCUT2D eigenvalue weighted by Crippen LogP contribution is -2.40. The van der Waals surface area contributed by atoms with Crippen LogP contribution in [0, 0.1) is 17.8 Å². The van der Waals surface area contributed by atoms with Crippen molar-refractivity contribution in [1.29, 1.82) is 0 Å². The summed E-state index contributed by atoms with van der Waals surface area (Å²) in [6.45, 7) is 6.92. The predicted octanol–water partition coefficient (Wildman–Crippen LogP) is 2.14. The number of hydrogen-bond acceptors (Lipinski definition) is 4. The smallest absolute Gasteiger partial charge is 0.260 e. The van der Waals surface area contributed by atoms with Crippen LogP contribution in [0.1, 0.15) is 31.7 Å². The Morgan fingerprint density at radius 2 is 2.00 bits per heavy atom. The molecular weight excluding hydrogens is 328 g/mol. The number of ether oxygens (including phenoxy) is 1. The maximum Gasteiger partial charge on any atom is 0.260 e. The summed E-state index contributed by atoms with van der Waals surface area (Å²) in [5, 5.41) is 9.85. The molecule has 1 saturated carbocycles. The molecule has 5 heteroatoms. The van der Waals surface area contributed by atoms with Crippen LogP contribution in [0.2, 0.25) is 0 Å². The third-order valence-electron chi connectivity index (χ3n) is 6.46. The van der Waals surface area contributed by atoms with E-state index in [4.69, 9.17) is 4.74 Å². The summed E-state index contributed by atoms with van der Waals surface area (Å²) in [7, 11) is 0. The molecule has 0 radical (unpaired) electrons. The molecule has 0 aromatic heterocycles. The van der Waals surface area contributed by atoms with Crippen molar-refractivity contribution in [2.24, 2.45) is 17.8 Å². The van der Waals surface area contributed by atoms with Gasteiger partial charge in [0.05, 0.1) is 6.10 Å². The number of piperidine rings is 1. The fourth-order valence-corrected chi connectivity index (χ4v) is 4.60. The molecule has 1 aromatic carbocycles. The van der Waals surface area contributed by atoms with E-state index in [1.165, 1.54) is 0 Å². The second-order valence-corrected chi connectivity index (χ2v) is 8.38. The van der Waals surface area contributed by atoms with Gasteiger partial charge in [-0.3, -0.25) is 9.69 Å². The molecule has 142 valence electrons. The van der Waals surface area contributed by atoms with Crippen molar-refractivity contribution in [1.82, 2.24) is 9.80 Å². The fraction of sp³-hybridized carbons (Fsp3) is 0.667. The Balaban J connectivity index is 1.32. The number of benzene rings is 1. The third kappa shape index (κ3) is 3.74. The Morgan fingerprint density at radius 3 is 2.73 bits per heavy atom. The highest BCUT2D eigenvalue weighted by molar-refractivity contribution is 5.77. The number of fused-ring (bicyclic) bond motifs is 1. The van der Waals surface area contributed by atoms with Gasteiger partial charge >= 0.3 is 0 Å². The number of para-hydroxylation sites is 1. The number of nitrogens with zero attached hydrogens (tertiary/aromatic N) is 2. The van der Waals surface area contributed by atoms with Crippen molar-refractivity contribution in [3.05, 3.63) is 29.8 Å². The standard InChI is InChI=1S/C21H30N2O3/c1-15-6-8-23(9-7-15)21(25)14-26-20-5-3-2-4-16(20)11-22-12-17-10-19(24)18(17)13-22/h2-5,15,17-19,24H,6-14H2,1H3. The monoisotopic (exact) mass is 358 g/mol. The summed E-state index contributed by atoms with van der Waals surface area (Å²) in [6, 6.07) is 8.03. The molecule has 2 aliphatic heterocycles. The first kappa shape index (κ1) is 17.8. The molecule has 3 fully saturated rings. The second kappa shape index (κ2) is 7.57. The Morgan fingerprint density at radius 1 is 1.23 bits per heavy atom. The quantitative estimate of drug-likeness (QED) is 0.876. The van der Waals surface area contributed by atoms with E-state index in [9.17, 15) is 9.90 Å². The largest absolute Gasteiger partial charge is 0.483 e. The van der Waals surface area contributed by atoms with Crippen LogP contribution in [0.25, 0.3) is 0 Å². The predicted molar refractivity (Wildman–Crippen MR) is 99.8 cm³/mol. The molecule has 0 bridgehead atoms. The molecule has 2 heterocycles. The Hall–Kier alpha value is -1.59. The average Bonchev–Trinajstić information content (AvgIpc) is 2.97. The summed E-state index contributed by atoms with van der Waals surface area (Å²) >= 11 is 0. The van der Waals surface area contributed by atoms with Gasteiger partial charge in [0.1, 0.15) is 5.75 Å². The number of carbonyl (C=O) groups is 1. The summed E-state index contributed by atoms with van der Waals surface area (Å²) in [5.41, 5.74) is 1.13. The summed E-state index contributed by atoms with van der Waals surface area (Å²) in [6.07, 6.45) is 3.01. The average molecular weight is 358 g/mol. The summed E-state index contributed by atoms with van der Waals surface area (Å²) in [4.78, 5) is 16.8. The molecular formula is C21H30N2O3. The minimum absolute atomic E-state index is 0.0917. The normalized spacial score (nSPS) is 29.3. The van der Waals surface area contributed by atoms with E-state index in [0.717, 1.165) is 69.2 Å². The van der Waals surface area contributed by atoms with Gasteiger partial charge in [0.15, 0.2) is 6.61 Å². The Kier molecular flexibility index (Phi) is 5.18. The minimum Gasteiger partial charge on any atom is -0.483 e. The van der Waals surface area contributed by atoms with Gasteiger partial charge in [-0.1, -0.05) is 25.1 Å². The molecule has 0 spiro atoms. The van der Waals surface area contributed by atoms with Crippen molar-refractivity contribution in [2.45, 2.75) is 38.8 Å². The molecule has 1 aromatic rings. The first-order valence-electron chi connectivity index (χ1n) is 9.99. The molecule has 2 saturated heterocycles. The fourth-order valence-electron chi connectivity index (χ4n) is 4.60. The van der Waals surface area contributed by atoms with Crippen molar-refractivity contribution in [3.63, 3.8) is 0 Å². The lowest BCUT2D eigenvalue weighted by molar-refractivity contribution is -0.134. The minimum atomic E-state index is -0.110. The topological polar surface area (TPSA) is 53.0 Å². The van der Waals surface area contributed by atoms with Crippen molar-refractivity contribution < 1.29 is 14.6 Å². The van der Waals surface area contributed by atoms with E-state index in [0.29, 0.717) is 11.8 Å². The Labute approximate surface area is 155 Å².